The Labute approximate surface area is 114 Å². The van der Waals surface area contributed by atoms with Crippen molar-refractivity contribution in [3.05, 3.63) is 12.7 Å². The molecule has 2 rings (SSSR count). The van der Waals surface area contributed by atoms with E-state index >= 15 is 0 Å². The van der Waals surface area contributed by atoms with Crippen LogP contribution in [0.3, 0.4) is 0 Å². The molecule has 2 heterocycles. The Balaban J connectivity index is 0.00000200. The lowest BCUT2D eigenvalue weighted by Crippen LogP contribution is -2.17. The first-order chi connectivity index (χ1) is 8.87. The summed E-state index contributed by atoms with van der Waals surface area (Å²) in [5.74, 6) is 0.285. The number of ether oxygens (including phenoxy) is 1. The van der Waals surface area contributed by atoms with Gasteiger partial charge in [-0.25, -0.2) is 15.0 Å². The van der Waals surface area contributed by atoms with Crippen LogP contribution in [-0.4, -0.2) is 41.8 Å². The topological polar surface area (TPSA) is 171 Å². The van der Waals surface area contributed by atoms with Crippen molar-refractivity contribution in [2.75, 3.05) is 12.1 Å². The zero-order valence-electron chi connectivity index (χ0n) is 10.9. The number of fused-ring (bicyclic) bond motifs is 1. The van der Waals surface area contributed by atoms with Crippen LogP contribution in [-0.2, 0) is 15.8 Å². The normalized spacial score (nSPS) is 13.2. The van der Waals surface area contributed by atoms with E-state index < -0.39 is 20.0 Å². The van der Waals surface area contributed by atoms with Gasteiger partial charge < -0.3 is 31.0 Å². The van der Waals surface area contributed by atoms with Gasteiger partial charge in [0.05, 0.1) is 19.0 Å². The molecule has 0 amide bonds. The number of imidazole rings is 1. The molecule has 2 aromatic heterocycles. The largest absolute Gasteiger partial charge is 0.382 e. The Morgan fingerprint density at radius 2 is 2.15 bits per heavy atom. The second kappa shape index (κ2) is 6.25. The summed E-state index contributed by atoms with van der Waals surface area (Å²) >= 11 is 0. The van der Waals surface area contributed by atoms with Crippen molar-refractivity contribution in [2.45, 2.75) is 19.6 Å². The molecule has 112 valence electrons. The predicted molar refractivity (Wildman–Crippen MR) is 72.2 cm³/mol. The molecule has 0 aliphatic rings. The quantitative estimate of drug-likeness (QED) is 0.559. The summed E-state index contributed by atoms with van der Waals surface area (Å²) in [5, 5.41) is 0. The minimum Gasteiger partial charge on any atom is -0.382 e. The fraction of sp³-hybridized carbons (Fsp3) is 0.444. The second-order valence-corrected chi connectivity index (χ2v) is 5.69. The lowest BCUT2D eigenvalue weighted by Gasteiger charge is -2.14. The second-order valence-electron chi connectivity index (χ2n) is 4.10. The molecule has 0 saturated carbocycles. The molecule has 20 heavy (non-hydrogen) atoms. The summed E-state index contributed by atoms with van der Waals surface area (Å²) in [6.07, 6.45) is 1.85. The summed E-state index contributed by atoms with van der Waals surface area (Å²) in [6.45, 7) is 2.05. The first kappa shape index (κ1) is 16.5. The fourth-order valence-electron chi connectivity index (χ4n) is 1.59. The van der Waals surface area contributed by atoms with Gasteiger partial charge >= 0.3 is 7.60 Å². The third kappa shape index (κ3) is 3.95. The molecule has 0 aliphatic heterocycles. The molecule has 0 aliphatic carbocycles. The van der Waals surface area contributed by atoms with Crippen molar-refractivity contribution in [1.82, 2.24) is 25.7 Å². The highest BCUT2D eigenvalue weighted by atomic mass is 31.2. The number of nitrogens with zero attached hydrogens (tertiary/aromatic N) is 4. The van der Waals surface area contributed by atoms with Crippen LogP contribution in [0, 0.1) is 0 Å². The van der Waals surface area contributed by atoms with Gasteiger partial charge in [0.15, 0.2) is 11.5 Å². The zero-order valence-corrected chi connectivity index (χ0v) is 11.8. The van der Waals surface area contributed by atoms with E-state index in [-0.39, 0.29) is 12.0 Å². The first-order valence-corrected chi connectivity index (χ1v) is 7.24. The van der Waals surface area contributed by atoms with Crippen molar-refractivity contribution in [3.8, 4) is 0 Å². The molecule has 1 atom stereocenters. The predicted octanol–water partition coefficient (Wildman–Crippen LogP) is 0.111. The van der Waals surface area contributed by atoms with Gasteiger partial charge in [0.25, 0.3) is 0 Å². The van der Waals surface area contributed by atoms with E-state index in [2.05, 4.69) is 15.0 Å². The van der Waals surface area contributed by atoms with Gasteiger partial charge in [-0.15, -0.1) is 0 Å². The average molecular weight is 304 g/mol. The van der Waals surface area contributed by atoms with Crippen molar-refractivity contribution in [1.29, 1.82) is 0 Å². The number of nitrogens with two attached hydrogens (primary N) is 1. The third-order valence-electron chi connectivity index (χ3n) is 2.41. The van der Waals surface area contributed by atoms with E-state index in [1.54, 1.807) is 11.5 Å². The highest BCUT2D eigenvalue weighted by Gasteiger charge is 2.16. The van der Waals surface area contributed by atoms with Crippen LogP contribution >= 0.6 is 7.60 Å². The molecule has 0 fully saturated rings. The van der Waals surface area contributed by atoms with Crippen LogP contribution in [0.1, 0.15) is 6.92 Å². The van der Waals surface area contributed by atoms with Crippen LogP contribution < -0.4 is 11.9 Å². The standard InChI is InChI=1S/C9H14N5O4P.H3N/c1-6(18-5-19(15,16)17)2-14-4-13-7-8(10)11-3-12-9(7)14;/h3-4,6H,2,5H2,1H3,(H2,10,11,12)(H2,15,16,17);1H3/t6-;/m1./s1. The Hall–Kier alpha value is -1.58. The maximum absolute atomic E-state index is 10.7. The maximum atomic E-state index is 10.7. The van der Waals surface area contributed by atoms with Crippen LogP contribution in [0.15, 0.2) is 12.7 Å². The Morgan fingerprint density at radius 1 is 1.45 bits per heavy atom. The summed E-state index contributed by atoms with van der Waals surface area (Å²) in [5.41, 5.74) is 6.70. The van der Waals surface area contributed by atoms with Crippen molar-refractivity contribution < 1.29 is 19.1 Å². The Kier molecular flexibility index (Phi) is 5.15. The van der Waals surface area contributed by atoms with Gasteiger partial charge in [-0.05, 0) is 6.92 Å². The van der Waals surface area contributed by atoms with Crippen molar-refractivity contribution in [3.63, 3.8) is 0 Å². The molecule has 0 bridgehead atoms. The van der Waals surface area contributed by atoms with Crippen LogP contribution in [0.2, 0.25) is 0 Å². The lowest BCUT2D eigenvalue weighted by molar-refractivity contribution is 0.0764. The molecule has 2 aromatic rings. The average Bonchev–Trinajstić information content (AvgIpc) is 2.71. The number of aromatic nitrogens is 4. The van der Waals surface area contributed by atoms with Gasteiger partial charge in [0.2, 0.25) is 0 Å². The molecular formula is C9H17N6O4P. The Morgan fingerprint density at radius 3 is 2.80 bits per heavy atom. The molecule has 0 spiro atoms. The minimum atomic E-state index is -4.16. The first-order valence-electron chi connectivity index (χ1n) is 5.44. The summed E-state index contributed by atoms with van der Waals surface area (Å²) in [4.78, 5) is 29.4. The highest BCUT2D eigenvalue weighted by molar-refractivity contribution is 7.51. The molecule has 0 aromatic carbocycles. The third-order valence-corrected chi connectivity index (χ3v) is 2.90. The fourth-order valence-corrected chi connectivity index (χ4v) is 2.04. The number of hydrogen-bond acceptors (Lipinski definition) is 7. The van der Waals surface area contributed by atoms with E-state index in [1.165, 1.54) is 12.7 Å². The lowest BCUT2D eigenvalue weighted by atomic mass is 10.4. The molecule has 11 heteroatoms. The summed E-state index contributed by atoms with van der Waals surface area (Å²) in [6, 6.07) is 0. The summed E-state index contributed by atoms with van der Waals surface area (Å²) < 4.78 is 17.5. The molecule has 0 radical (unpaired) electrons. The van der Waals surface area contributed by atoms with E-state index in [0.29, 0.717) is 17.7 Å². The van der Waals surface area contributed by atoms with Gasteiger partial charge in [-0.3, -0.25) is 4.57 Å². The van der Waals surface area contributed by atoms with Gasteiger partial charge in [0, 0.05) is 0 Å². The van der Waals surface area contributed by atoms with Crippen molar-refractivity contribution >= 4 is 24.6 Å². The van der Waals surface area contributed by atoms with E-state index in [0.717, 1.165) is 0 Å². The van der Waals surface area contributed by atoms with Crippen molar-refractivity contribution in [2.24, 2.45) is 0 Å². The molecule has 0 saturated heterocycles. The number of nitrogen functional groups attached to an aromatic ring is 1. The van der Waals surface area contributed by atoms with E-state index in [1.807, 2.05) is 0 Å². The zero-order chi connectivity index (χ0) is 14.0. The minimum absolute atomic E-state index is 0. The van der Waals surface area contributed by atoms with Gasteiger partial charge in [0.1, 0.15) is 18.2 Å². The van der Waals surface area contributed by atoms with Crippen LogP contribution in [0.5, 0.6) is 0 Å². The summed E-state index contributed by atoms with van der Waals surface area (Å²) in [7, 11) is -4.16. The number of anilines is 1. The maximum Gasteiger partial charge on any atom is 0.350 e. The monoisotopic (exact) mass is 304 g/mol. The smallest absolute Gasteiger partial charge is 0.350 e. The SMILES string of the molecule is C[C@H](Cn1cnc2c(N)ncnc21)OCP(=O)(O)O.N. The Bertz CT molecular complexity index is 626. The molecular weight excluding hydrogens is 287 g/mol. The van der Waals surface area contributed by atoms with Gasteiger partial charge in [-0.2, -0.15) is 0 Å². The van der Waals surface area contributed by atoms with Crippen LogP contribution in [0.25, 0.3) is 11.2 Å². The van der Waals surface area contributed by atoms with Crippen LogP contribution in [0.4, 0.5) is 5.82 Å². The number of hydrogen-bond donors (Lipinski definition) is 4. The molecule has 7 N–H and O–H groups in total. The molecule has 0 unspecified atom stereocenters. The number of rotatable bonds is 5. The van der Waals surface area contributed by atoms with Gasteiger partial charge in [-0.1, -0.05) is 0 Å². The highest BCUT2D eigenvalue weighted by Crippen LogP contribution is 2.34. The molecule has 10 nitrogen and oxygen atoms in total. The van der Waals surface area contributed by atoms with E-state index in [4.69, 9.17) is 20.3 Å². The van der Waals surface area contributed by atoms with E-state index in [9.17, 15) is 4.57 Å².